The second-order valence-electron chi connectivity index (χ2n) is 6.58. The van der Waals surface area contributed by atoms with Gasteiger partial charge in [0.25, 0.3) is 0 Å². The van der Waals surface area contributed by atoms with Crippen LogP contribution in [0.1, 0.15) is 25.7 Å². The first-order chi connectivity index (χ1) is 11.1. The number of sulfonamides is 1. The van der Waals surface area contributed by atoms with E-state index in [2.05, 4.69) is 15.3 Å². The molecular formula is C16H23ClN4O2S. The number of H-pyrrole nitrogens is 1. The van der Waals surface area contributed by atoms with Crippen LogP contribution in [-0.4, -0.2) is 48.4 Å². The molecule has 4 rings (SSSR count). The molecule has 2 N–H and O–H groups in total. The van der Waals surface area contributed by atoms with Crippen molar-refractivity contribution in [2.45, 2.75) is 36.6 Å². The fraction of sp³-hybridized carbons (Fsp3) is 0.562. The van der Waals surface area contributed by atoms with Gasteiger partial charge >= 0.3 is 0 Å². The van der Waals surface area contributed by atoms with Gasteiger partial charge < -0.3 is 10.3 Å². The number of hydrogen-bond acceptors (Lipinski definition) is 4. The number of pyridine rings is 1. The Morgan fingerprint density at radius 3 is 2.71 bits per heavy atom. The maximum Gasteiger partial charge on any atom is 0.245 e. The van der Waals surface area contributed by atoms with Crippen LogP contribution < -0.4 is 5.32 Å². The molecule has 2 aromatic heterocycles. The molecule has 2 fully saturated rings. The predicted octanol–water partition coefficient (Wildman–Crippen LogP) is 2.14. The molecule has 0 amide bonds. The van der Waals surface area contributed by atoms with Crippen molar-refractivity contribution < 1.29 is 8.42 Å². The minimum Gasteiger partial charge on any atom is -0.345 e. The Labute approximate surface area is 148 Å². The van der Waals surface area contributed by atoms with Gasteiger partial charge in [0.05, 0.1) is 0 Å². The Bertz CT molecular complexity index is 795. The van der Waals surface area contributed by atoms with E-state index in [1.54, 1.807) is 28.8 Å². The van der Waals surface area contributed by atoms with Gasteiger partial charge in [0, 0.05) is 36.9 Å². The van der Waals surface area contributed by atoms with E-state index in [0.717, 1.165) is 25.3 Å². The monoisotopic (exact) mass is 370 g/mol. The summed E-state index contributed by atoms with van der Waals surface area (Å²) in [5, 5.41) is 4.25. The van der Waals surface area contributed by atoms with Gasteiger partial charge in [0.1, 0.15) is 10.5 Å². The van der Waals surface area contributed by atoms with Crippen molar-refractivity contribution in [1.29, 1.82) is 0 Å². The summed E-state index contributed by atoms with van der Waals surface area (Å²) in [4.78, 5) is 7.46. The average Bonchev–Trinajstić information content (AvgIpc) is 3.29. The molecule has 6 nitrogen and oxygen atoms in total. The van der Waals surface area contributed by atoms with Crippen molar-refractivity contribution in [3.8, 4) is 0 Å². The lowest BCUT2D eigenvalue weighted by Gasteiger charge is -2.31. The number of piperidine rings is 1. The molecular weight excluding hydrogens is 348 g/mol. The highest BCUT2D eigenvalue weighted by atomic mass is 35.5. The second kappa shape index (κ2) is 7.00. The zero-order chi connectivity index (χ0) is 15.9. The molecule has 0 bridgehead atoms. The summed E-state index contributed by atoms with van der Waals surface area (Å²) in [5.74, 6) is 0.857. The predicted molar refractivity (Wildman–Crippen MR) is 95.8 cm³/mol. The Morgan fingerprint density at radius 2 is 2.00 bits per heavy atom. The van der Waals surface area contributed by atoms with Crippen LogP contribution in [0.4, 0.5) is 0 Å². The summed E-state index contributed by atoms with van der Waals surface area (Å²) in [6.45, 7) is 2.25. The molecule has 1 saturated carbocycles. The van der Waals surface area contributed by atoms with Gasteiger partial charge in [-0.25, -0.2) is 13.4 Å². The number of halogens is 1. The highest BCUT2D eigenvalue weighted by Gasteiger charge is 2.31. The van der Waals surface area contributed by atoms with E-state index in [1.807, 2.05) is 0 Å². The summed E-state index contributed by atoms with van der Waals surface area (Å²) < 4.78 is 27.4. The third-order valence-electron chi connectivity index (χ3n) is 4.88. The normalized spacial score (nSPS) is 20.2. The number of rotatable bonds is 5. The molecule has 2 aliphatic rings. The summed E-state index contributed by atoms with van der Waals surface area (Å²) in [6, 6.07) is 4.02. The van der Waals surface area contributed by atoms with Crippen LogP contribution in [0.15, 0.2) is 29.4 Å². The van der Waals surface area contributed by atoms with E-state index in [4.69, 9.17) is 0 Å². The summed E-state index contributed by atoms with van der Waals surface area (Å²) >= 11 is 0. The van der Waals surface area contributed by atoms with Gasteiger partial charge in [-0.3, -0.25) is 0 Å². The summed E-state index contributed by atoms with van der Waals surface area (Å²) in [6.07, 6.45) is 7.67. The summed E-state index contributed by atoms with van der Waals surface area (Å²) in [7, 11) is -3.45. The molecule has 0 spiro atoms. The first-order valence-electron chi connectivity index (χ1n) is 8.30. The molecule has 1 aliphatic heterocycles. The molecule has 2 aromatic rings. The average molecular weight is 371 g/mol. The van der Waals surface area contributed by atoms with Crippen LogP contribution in [0.3, 0.4) is 0 Å². The molecule has 0 aromatic carbocycles. The lowest BCUT2D eigenvalue weighted by Crippen LogP contribution is -2.45. The van der Waals surface area contributed by atoms with Crippen molar-refractivity contribution in [3.05, 3.63) is 24.5 Å². The molecule has 24 heavy (non-hydrogen) atoms. The van der Waals surface area contributed by atoms with Crippen molar-refractivity contribution in [2.24, 2.45) is 5.92 Å². The Hall–Kier alpha value is -1.15. The van der Waals surface area contributed by atoms with Gasteiger partial charge in [-0.15, -0.1) is 12.4 Å². The van der Waals surface area contributed by atoms with Crippen LogP contribution in [0.25, 0.3) is 11.0 Å². The van der Waals surface area contributed by atoms with E-state index < -0.39 is 10.0 Å². The molecule has 1 saturated heterocycles. The molecule has 3 heterocycles. The zero-order valence-electron chi connectivity index (χ0n) is 13.4. The molecule has 0 unspecified atom stereocenters. The van der Waals surface area contributed by atoms with Crippen molar-refractivity contribution >= 4 is 33.5 Å². The minimum absolute atomic E-state index is 0. The Morgan fingerprint density at radius 1 is 1.25 bits per heavy atom. The highest BCUT2D eigenvalue weighted by Crippen LogP contribution is 2.29. The standard InChI is InChI=1S/C16H22N4O2S.ClH/c21-23(22,15-11-19-16-14(15)2-1-7-17-16)20-8-5-13(6-9-20)18-10-12-3-4-12;/h1-2,7,11-13,18H,3-6,8-10H2,(H,17,19);1H. The van der Waals surface area contributed by atoms with Gasteiger partial charge in [-0.2, -0.15) is 4.31 Å². The fourth-order valence-electron chi connectivity index (χ4n) is 3.24. The molecule has 8 heteroatoms. The molecule has 132 valence electrons. The smallest absolute Gasteiger partial charge is 0.245 e. The SMILES string of the molecule is Cl.O=S(=O)(c1c[nH]c2ncccc12)N1CCC(NCC2CC2)CC1. The van der Waals surface area contributed by atoms with Gasteiger partial charge in [-0.1, -0.05) is 0 Å². The first-order valence-corrected chi connectivity index (χ1v) is 9.74. The topological polar surface area (TPSA) is 78.1 Å². The Kier molecular flexibility index (Phi) is 5.15. The van der Waals surface area contributed by atoms with Crippen LogP contribution in [0.2, 0.25) is 0 Å². The lowest BCUT2D eigenvalue weighted by atomic mass is 10.1. The van der Waals surface area contributed by atoms with E-state index in [9.17, 15) is 8.42 Å². The third-order valence-corrected chi connectivity index (χ3v) is 6.82. The number of aromatic nitrogens is 2. The maximum atomic E-state index is 12.9. The molecule has 0 atom stereocenters. The minimum atomic E-state index is -3.45. The summed E-state index contributed by atoms with van der Waals surface area (Å²) in [5.41, 5.74) is 0.618. The highest BCUT2D eigenvalue weighted by molar-refractivity contribution is 7.89. The quantitative estimate of drug-likeness (QED) is 0.845. The Balaban J connectivity index is 0.00000169. The largest absolute Gasteiger partial charge is 0.345 e. The van der Waals surface area contributed by atoms with E-state index in [-0.39, 0.29) is 12.4 Å². The van der Waals surface area contributed by atoms with E-state index in [0.29, 0.717) is 35.1 Å². The molecule has 0 radical (unpaired) electrons. The number of aromatic amines is 1. The third kappa shape index (κ3) is 3.44. The first kappa shape index (κ1) is 17.7. The van der Waals surface area contributed by atoms with Gasteiger partial charge in [0.15, 0.2) is 0 Å². The second-order valence-corrected chi connectivity index (χ2v) is 8.49. The molecule has 1 aliphatic carbocycles. The van der Waals surface area contributed by atoms with Crippen LogP contribution in [-0.2, 0) is 10.0 Å². The number of fused-ring (bicyclic) bond motifs is 1. The van der Waals surface area contributed by atoms with Gasteiger partial charge in [0.2, 0.25) is 10.0 Å². The number of nitrogens with one attached hydrogen (secondary N) is 2. The van der Waals surface area contributed by atoms with Crippen LogP contribution in [0.5, 0.6) is 0 Å². The lowest BCUT2D eigenvalue weighted by molar-refractivity contribution is 0.288. The van der Waals surface area contributed by atoms with Crippen molar-refractivity contribution in [2.75, 3.05) is 19.6 Å². The number of nitrogens with zero attached hydrogens (tertiary/aromatic N) is 2. The van der Waals surface area contributed by atoms with Crippen molar-refractivity contribution in [3.63, 3.8) is 0 Å². The van der Waals surface area contributed by atoms with E-state index >= 15 is 0 Å². The zero-order valence-corrected chi connectivity index (χ0v) is 15.1. The number of hydrogen-bond donors (Lipinski definition) is 2. The maximum absolute atomic E-state index is 12.9. The van der Waals surface area contributed by atoms with Crippen LogP contribution >= 0.6 is 12.4 Å². The van der Waals surface area contributed by atoms with Crippen molar-refractivity contribution in [1.82, 2.24) is 19.6 Å². The van der Waals surface area contributed by atoms with Crippen LogP contribution in [0, 0.1) is 5.92 Å². The van der Waals surface area contributed by atoms with E-state index in [1.165, 1.54) is 12.8 Å². The fourth-order valence-corrected chi connectivity index (χ4v) is 4.86. The van der Waals surface area contributed by atoms with Gasteiger partial charge in [-0.05, 0) is 50.3 Å².